The molecule has 0 aromatic heterocycles. The molecule has 3 aliphatic rings. The second-order valence-corrected chi connectivity index (χ2v) is 9.62. The normalized spacial score (nSPS) is 25.5. The molecule has 8 nitrogen and oxygen atoms in total. The predicted octanol–water partition coefficient (Wildman–Crippen LogP) is 4.49. The fourth-order valence-corrected chi connectivity index (χ4v) is 6.05. The smallest absolute Gasteiger partial charge is 0.272 e. The van der Waals surface area contributed by atoms with Gasteiger partial charge in [0.1, 0.15) is 0 Å². The van der Waals surface area contributed by atoms with Crippen LogP contribution in [0, 0.1) is 33.8 Å². The molecule has 4 atom stereocenters. The number of nitrogens with zero attached hydrogens (tertiary/aromatic N) is 3. The number of carbonyl (C=O) groups excluding carboxylic acids is 3. The van der Waals surface area contributed by atoms with Crippen LogP contribution in [0.2, 0.25) is 10.0 Å². The van der Waals surface area contributed by atoms with Gasteiger partial charge in [0.2, 0.25) is 0 Å². The van der Waals surface area contributed by atoms with Gasteiger partial charge in [-0.25, -0.2) is 5.01 Å². The first-order valence-electron chi connectivity index (χ1n) is 10.6. The third-order valence-electron chi connectivity index (χ3n) is 7.02. The van der Waals surface area contributed by atoms with Crippen molar-refractivity contribution in [3.8, 4) is 0 Å². The maximum Gasteiger partial charge on any atom is 0.273 e. The van der Waals surface area contributed by atoms with Crippen molar-refractivity contribution >= 4 is 46.6 Å². The van der Waals surface area contributed by atoms with Crippen LogP contribution in [-0.4, -0.2) is 32.7 Å². The molecular weight excluding hydrogens is 469 g/mol. The van der Waals surface area contributed by atoms with Gasteiger partial charge in [-0.05, 0) is 54.9 Å². The first-order valence-corrected chi connectivity index (χ1v) is 11.4. The summed E-state index contributed by atoms with van der Waals surface area (Å²) in [6, 6.07) is 9.94. The molecule has 2 aliphatic carbocycles. The molecule has 10 heteroatoms. The Balaban J connectivity index is 1.55. The summed E-state index contributed by atoms with van der Waals surface area (Å²) in [6.07, 6.45) is 2.67. The summed E-state index contributed by atoms with van der Waals surface area (Å²) in [7, 11) is 0. The molecule has 2 aromatic carbocycles. The van der Waals surface area contributed by atoms with Gasteiger partial charge in [0.25, 0.3) is 23.4 Å². The van der Waals surface area contributed by atoms with E-state index >= 15 is 0 Å². The minimum absolute atomic E-state index is 0.00471. The number of benzene rings is 2. The summed E-state index contributed by atoms with van der Waals surface area (Å²) in [5, 5.41) is 13.9. The highest BCUT2D eigenvalue weighted by Crippen LogP contribution is 2.56. The zero-order valence-electron chi connectivity index (χ0n) is 17.3. The standard InChI is InChI=1S/C23H19Cl2N3O5/c24-16-7-6-15(18(25)10-16)11-26(21(29)14-2-1-3-17(9-14)28(32)33)27-22(30)19-12-4-5-13(8-12)20(19)23(27)31/h1-3,6-7,9-10,12-13,19-20H,4-5,8,11H2/t12-,13-,19-,20-/m0/s1. The van der Waals surface area contributed by atoms with Crippen molar-refractivity contribution in [2.24, 2.45) is 23.7 Å². The lowest BCUT2D eigenvalue weighted by Gasteiger charge is -2.31. The van der Waals surface area contributed by atoms with Gasteiger partial charge in [0, 0.05) is 27.7 Å². The highest BCUT2D eigenvalue weighted by atomic mass is 35.5. The third kappa shape index (κ3) is 3.57. The average molecular weight is 488 g/mol. The van der Waals surface area contributed by atoms with Crippen LogP contribution in [0.15, 0.2) is 42.5 Å². The first kappa shape index (κ1) is 21.9. The molecule has 2 aromatic rings. The molecule has 3 fully saturated rings. The number of nitro benzene ring substituents is 1. The van der Waals surface area contributed by atoms with E-state index in [9.17, 15) is 24.5 Å². The first-order chi connectivity index (χ1) is 15.8. The molecule has 33 heavy (non-hydrogen) atoms. The Morgan fingerprint density at radius 2 is 1.73 bits per heavy atom. The number of hydrogen-bond acceptors (Lipinski definition) is 5. The fourth-order valence-electron chi connectivity index (χ4n) is 5.58. The van der Waals surface area contributed by atoms with Gasteiger partial charge in [-0.3, -0.25) is 24.5 Å². The van der Waals surface area contributed by atoms with E-state index in [0.717, 1.165) is 35.3 Å². The highest BCUT2D eigenvalue weighted by molar-refractivity contribution is 6.35. The Morgan fingerprint density at radius 3 is 2.33 bits per heavy atom. The van der Waals surface area contributed by atoms with E-state index in [1.165, 1.54) is 24.3 Å². The van der Waals surface area contributed by atoms with Crippen LogP contribution in [0.25, 0.3) is 0 Å². The van der Waals surface area contributed by atoms with Crippen LogP contribution >= 0.6 is 23.2 Å². The summed E-state index contributed by atoms with van der Waals surface area (Å²) < 4.78 is 0. The van der Waals surface area contributed by atoms with Crippen molar-refractivity contribution in [2.75, 3.05) is 0 Å². The monoisotopic (exact) mass is 487 g/mol. The molecule has 1 aliphatic heterocycles. The van der Waals surface area contributed by atoms with Gasteiger partial charge in [-0.15, -0.1) is 0 Å². The largest absolute Gasteiger partial charge is 0.273 e. The van der Waals surface area contributed by atoms with E-state index in [0.29, 0.717) is 10.6 Å². The Morgan fingerprint density at radius 1 is 1.06 bits per heavy atom. The molecule has 1 heterocycles. The SMILES string of the molecule is O=C(c1cccc([N+](=O)[O-])c1)N(Cc1ccc(Cl)cc1Cl)N1C(=O)[C@H]2[C@H]3CC[C@@H](C3)[C@@H]2C1=O. The van der Waals surface area contributed by atoms with E-state index in [4.69, 9.17) is 23.2 Å². The number of carbonyl (C=O) groups is 3. The van der Waals surface area contributed by atoms with Gasteiger partial charge < -0.3 is 0 Å². The van der Waals surface area contributed by atoms with Crippen molar-refractivity contribution in [3.05, 3.63) is 73.8 Å². The predicted molar refractivity (Wildman–Crippen MR) is 119 cm³/mol. The van der Waals surface area contributed by atoms with Crippen molar-refractivity contribution in [3.63, 3.8) is 0 Å². The second kappa shape index (κ2) is 8.11. The van der Waals surface area contributed by atoms with E-state index in [-0.39, 0.29) is 46.5 Å². The van der Waals surface area contributed by atoms with E-state index in [1.807, 2.05) is 0 Å². The number of hydrazine groups is 1. The molecule has 0 N–H and O–H groups in total. The number of rotatable bonds is 5. The van der Waals surface area contributed by atoms with Crippen LogP contribution < -0.4 is 0 Å². The van der Waals surface area contributed by atoms with Gasteiger partial charge in [0.15, 0.2) is 0 Å². The minimum Gasteiger partial charge on any atom is -0.272 e. The van der Waals surface area contributed by atoms with Crippen molar-refractivity contribution in [2.45, 2.75) is 25.8 Å². The third-order valence-corrected chi connectivity index (χ3v) is 7.61. The van der Waals surface area contributed by atoms with E-state index < -0.39 is 22.7 Å². The number of amides is 3. The Kier molecular flexibility index (Phi) is 5.37. The molecule has 3 amide bonds. The van der Waals surface area contributed by atoms with Crippen LogP contribution in [0.1, 0.15) is 35.2 Å². The van der Waals surface area contributed by atoms with Crippen LogP contribution in [0.3, 0.4) is 0 Å². The van der Waals surface area contributed by atoms with E-state index in [2.05, 4.69) is 0 Å². The van der Waals surface area contributed by atoms with Crippen LogP contribution in [0.4, 0.5) is 5.69 Å². The zero-order chi connectivity index (χ0) is 23.4. The summed E-state index contributed by atoms with van der Waals surface area (Å²) >= 11 is 12.3. The number of imide groups is 1. The lowest BCUT2D eigenvalue weighted by atomic mass is 9.81. The van der Waals surface area contributed by atoms with Crippen molar-refractivity contribution in [1.29, 1.82) is 0 Å². The zero-order valence-corrected chi connectivity index (χ0v) is 18.8. The van der Waals surface area contributed by atoms with Gasteiger partial charge in [0.05, 0.1) is 23.3 Å². The van der Waals surface area contributed by atoms with Crippen molar-refractivity contribution in [1.82, 2.24) is 10.0 Å². The molecule has 2 bridgehead atoms. The Hall–Kier alpha value is -2.97. The maximum atomic E-state index is 13.6. The Labute approximate surface area is 199 Å². The molecular formula is C23H19Cl2N3O5. The Bertz CT molecular complexity index is 1170. The highest BCUT2D eigenvalue weighted by Gasteiger charge is 2.62. The summed E-state index contributed by atoms with van der Waals surface area (Å²) in [5.74, 6) is -2.01. The average Bonchev–Trinajstić information content (AvgIpc) is 3.47. The van der Waals surface area contributed by atoms with Crippen LogP contribution in [-0.2, 0) is 16.1 Å². The molecule has 170 valence electrons. The molecule has 5 rings (SSSR count). The van der Waals surface area contributed by atoms with Crippen LogP contribution in [0.5, 0.6) is 0 Å². The lowest BCUT2D eigenvalue weighted by Crippen LogP contribution is -2.50. The quantitative estimate of drug-likeness (QED) is 0.351. The molecule has 0 unspecified atom stereocenters. The lowest BCUT2D eigenvalue weighted by molar-refractivity contribution is -0.384. The van der Waals surface area contributed by atoms with Crippen molar-refractivity contribution < 1.29 is 19.3 Å². The fraction of sp³-hybridized carbons (Fsp3) is 0.348. The minimum atomic E-state index is -0.696. The summed E-state index contributed by atoms with van der Waals surface area (Å²) in [6.45, 7) is -0.163. The van der Waals surface area contributed by atoms with Gasteiger partial charge in [-0.1, -0.05) is 35.3 Å². The number of nitro groups is 1. The molecule has 0 spiro atoms. The number of non-ortho nitro benzene ring substituents is 1. The number of hydrogen-bond donors (Lipinski definition) is 0. The summed E-state index contributed by atoms with van der Waals surface area (Å²) in [5.41, 5.74) is 0.217. The van der Waals surface area contributed by atoms with Gasteiger partial charge in [-0.2, -0.15) is 5.01 Å². The molecule has 1 saturated heterocycles. The number of fused-ring (bicyclic) bond motifs is 5. The second-order valence-electron chi connectivity index (χ2n) is 8.78. The molecule has 0 radical (unpaired) electrons. The van der Waals surface area contributed by atoms with Gasteiger partial charge >= 0.3 is 0 Å². The molecule has 2 saturated carbocycles. The maximum absolute atomic E-state index is 13.6. The summed E-state index contributed by atoms with van der Waals surface area (Å²) in [4.78, 5) is 51.0. The van der Waals surface area contributed by atoms with E-state index in [1.54, 1.807) is 12.1 Å². The topological polar surface area (TPSA) is 101 Å². The number of halogens is 2.